The Bertz CT molecular complexity index is 3790. The van der Waals surface area contributed by atoms with E-state index in [1.54, 1.807) is 99.4 Å². The van der Waals surface area contributed by atoms with Gasteiger partial charge in [-0.15, -0.1) is 11.8 Å². The minimum absolute atomic E-state index is 0.0134. The lowest BCUT2D eigenvalue weighted by Gasteiger charge is -2.35. The second kappa shape index (κ2) is 38.7. The normalized spacial score (nSPS) is 19.5. The van der Waals surface area contributed by atoms with Crippen molar-refractivity contribution < 1.29 is 63.2 Å². The Kier molecular flexibility index (Phi) is 29.8. The van der Waals surface area contributed by atoms with Gasteiger partial charge >= 0.3 is 6.09 Å². The van der Waals surface area contributed by atoms with E-state index in [9.17, 15) is 39.3 Å². The molecule has 9 amide bonds. The van der Waals surface area contributed by atoms with Crippen LogP contribution in [0.25, 0.3) is 10.9 Å². The zero-order valence-corrected chi connectivity index (χ0v) is 60.2. The third-order valence-electron chi connectivity index (χ3n) is 17.0. The molecule has 10 atom stereocenters. The number of ether oxygens (including phenoxy) is 1. The Hall–Kier alpha value is -9.18. The van der Waals surface area contributed by atoms with Crippen LogP contribution in [-0.2, 0) is 67.1 Å². The summed E-state index contributed by atoms with van der Waals surface area (Å²) in [5.74, 6) is -6.90. The maximum Gasteiger partial charge on any atom is 0.407 e. The van der Waals surface area contributed by atoms with Crippen molar-refractivity contribution in [3.63, 3.8) is 0 Å². The quantitative estimate of drug-likeness (QED) is 0.0167. The number of aromatic nitrogens is 1. The highest BCUT2D eigenvalue weighted by atomic mass is 33.1. The van der Waals surface area contributed by atoms with Crippen molar-refractivity contribution in [2.45, 2.75) is 150 Å². The molecule has 13 N–H and O–H groups in total. The van der Waals surface area contributed by atoms with Gasteiger partial charge in [-0.1, -0.05) is 191 Å². The van der Waals surface area contributed by atoms with Crippen LogP contribution in [0.5, 0.6) is 0 Å². The number of alkyl carbamates (subject to hydrolysis) is 1. The van der Waals surface area contributed by atoms with E-state index in [1.165, 1.54) is 13.8 Å². The van der Waals surface area contributed by atoms with Crippen LogP contribution in [0.3, 0.4) is 0 Å². The molecule has 1 fully saturated rings. The zero-order valence-electron chi connectivity index (χ0n) is 57.7. The van der Waals surface area contributed by atoms with Gasteiger partial charge in [-0.05, 0) is 93.3 Å². The van der Waals surface area contributed by atoms with Gasteiger partial charge in [0, 0.05) is 66.6 Å². The summed E-state index contributed by atoms with van der Waals surface area (Å²) < 4.78 is 4.62. The summed E-state index contributed by atoms with van der Waals surface area (Å²) in [7, 11) is 1.97. The number of amides is 9. The minimum atomic E-state index is -1.77. The molecule has 1 aliphatic heterocycles. The number of hydrogen-bond acceptors (Lipinski definition) is 16. The van der Waals surface area contributed by atoms with E-state index in [0.717, 1.165) is 43.8 Å². The van der Waals surface area contributed by atoms with Crippen LogP contribution >= 0.6 is 33.3 Å². The van der Waals surface area contributed by atoms with Gasteiger partial charge < -0.3 is 72.9 Å². The second-order valence-electron chi connectivity index (χ2n) is 26.0. The Morgan fingerprint density at radius 3 is 1.72 bits per heavy atom. The smallest absolute Gasteiger partial charge is 0.407 e. The molecule has 0 saturated carbocycles. The molecule has 8 rings (SSSR count). The number of carbonyl (C=O) groups excluding carboxylic acids is 9. The van der Waals surface area contributed by atoms with Gasteiger partial charge in [0.1, 0.15) is 47.9 Å². The summed E-state index contributed by atoms with van der Waals surface area (Å²) in [6.07, 6.45) is -1.87. The van der Waals surface area contributed by atoms with Crippen molar-refractivity contribution in [3.8, 4) is 0 Å². The summed E-state index contributed by atoms with van der Waals surface area (Å²) in [6, 6.07) is 43.4. The molecule has 542 valence electrons. The van der Waals surface area contributed by atoms with Crippen LogP contribution in [0.15, 0.2) is 182 Å². The van der Waals surface area contributed by atoms with Crippen LogP contribution < -0.4 is 47.9 Å². The van der Waals surface area contributed by atoms with E-state index in [4.69, 9.17) is 4.74 Å². The first-order chi connectivity index (χ1) is 49.0. The van der Waals surface area contributed by atoms with E-state index < -0.39 is 131 Å². The van der Waals surface area contributed by atoms with Crippen LogP contribution in [0.2, 0.25) is 0 Å². The molecule has 7 aromatic rings. The standard InChI is InChI=1S/C76H92N10O13S3/c1-48(88)62(45-87)83-72(96)64-47-102-101-46-63(84-68(92)59(41-50-25-11-6-12-26-50)79-65(90)38-40-100-76(53-29-15-8-16-30-53,54-31-17-9-18-32-54)55-33-19-10-20-34-55)71(95)81-60(42-51-27-13-7-14-28-51)69(93)82-61(43-52-44-78-57-36-22-21-35-56(52)57)70(94)80-58(67(91)86-66(49(2)89)73(97)85-64)37-23-24-39-77-74(98)99-75(3,4)5/h6-22,25-36,44,48-49,58-64,66,78,87-89H,23-24,37-43,45-47H2,1-5H3,(H,77,98)(H,79,90)(H,80,94)(H,81,95)(H,82,93)(H,83,96)(H,84,92)(H,85,97)(H,86,91)/t48-,49-,58+,59-,60+,61-,62-,63+,64?,66+/m1/s1. The highest BCUT2D eigenvalue weighted by molar-refractivity contribution is 8.76. The molecular formula is C76H92N10O13S3. The molecule has 1 aliphatic rings. The van der Waals surface area contributed by atoms with Crippen LogP contribution in [0.1, 0.15) is 93.7 Å². The molecular weight excluding hydrogens is 1360 g/mol. The number of rotatable bonds is 26. The lowest BCUT2D eigenvalue weighted by molar-refractivity contribution is -0.136. The molecule has 1 unspecified atom stereocenters. The van der Waals surface area contributed by atoms with Crippen LogP contribution in [-0.4, -0.2) is 170 Å². The highest BCUT2D eigenvalue weighted by Gasteiger charge is 2.40. The fraction of sp³-hybridized carbons (Fsp3) is 0.382. The average molecular weight is 1450 g/mol. The van der Waals surface area contributed by atoms with Gasteiger partial charge in [0.25, 0.3) is 0 Å². The van der Waals surface area contributed by atoms with E-state index >= 15 is 19.2 Å². The Morgan fingerprint density at radius 1 is 0.608 bits per heavy atom. The van der Waals surface area contributed by atoms with Crippen LogP contribution in [0.4, 0.5) is 4.79 Å². The Balaban J connectivity index is 1.14. The predicted molar refractivity (Wildman–Crippen MR) is 397 cm³/mol. The molecule has 1 aromatic heterocycles. The molecule has 26 heteroatoms. The van der Waals surface area contributed by atoms with Crippen molar-refractivity contribution in [1.29, 1.82) is 0 Å². The number of hydrogen-bond donors (Lipinski definition) is 13. The zero-order chi connectivity index (χ0) is 73.2. The fourth-order valence-electron chi connectivity index (χ4n) is 11.6. The number of nitrogens with one attached hydrogen (secondary N) is 10. The third kappa shape index (κ3) is 23.2. The molecule has 23 nitrogen and oxygen atoms in total. The molecule has 0 bridgehead atoms. The number of benzene rings is 6. The number of fused-ring (bicyclic) bond motifs is 1. The summed E-state index contributed by atoms with van der Waals surface area (Å²) in [4.78, 5) is 135. The first-order valence-corrected chi connectivity index (χ1v) is 37.5. The maximum absolute atomic E-state index is 15.4. The Labute approximate surface area is 606 Å². The SMILES string of the molecule is C[C@@H](O)[C@@H]1NC(=O)[C@H](CCCCNC(=O)OC(C)(C)C)NC(=O)[C@@H](Cc2c[nH]c3ccccc23)NC(=O)[C@H](Cc2ccccc2)NC(=O)[C@@H](NC(=O)[C@@H](Cc2ccccc2)NC(=O)CCSC(c2ccccc2)(c2ccccc2)c2ccccc2)CSSCC(C(=O)N[C@H](CO)[C@@H](C)O)NC1=O. The van der Waals surface area contributed by atoms with Crippen molar-refractivity contribution in [1.82, 2.24) is 52.8 Å². The summed E-state index contributed by atoms with van der Waals surface area (Å²) in [5.41, 5.74) is 4.79. The van der Waals surface area contributed by atoms with Crippen molar-refractivity contribution in [2.24, 2.45) is 0 Å². The minimum Gasteiger partial charge on any atom is -0.444 e. The number of H-pyrrole nitrogens is 1. The molecule has 0 aliphatic carbocycles. The number of thioether (sulfide) groups is 1. The number of aromatic amines is 1. The fourth-order valence-corrected chi connectivity index (χ4v) is 15.5. The van der Waals surface area contributed by atoms with E-state index in [-0.39, 0.29) is 63.0 Å². The van der Waals surface area contributed by atoms with Gasteiger partial charge in [-0.3, -0.25) is 38.4 Å². The predicted octanol–water partition coefficient (Wildman–Crippen LogP) is 6.03. The lowest BCUT2D eigenvalue weighted by Crippen LogP contribution is -2.62. The third-order valence-corrected chi connectivity index (χ3v) is 20.9. The van der Waals surface area contributed by atoms with E-state index in [0.29, 0.717) is 27.8 Å². The van der Waals surface area contributed by atoms with Crippen molar-refractivity contribution in [2.75, 3.05) is 30.4 Å². The topological polar surface area (TPSA) is 348 Å². The molecule has 102 heavy (non-hydrogen) atoms. The largest absolute Gasteiger partial charge is 0.444 e. The van der Waals surface area contributed by atoms with E-state index in [2.05, 4.69) is 89.2 Å². The van der Waals surface area contributed by atoms with Gasteiger partial charge in [0.2, 0.25) is 47.3 Å². The lowest BCUT2D eigenvalue weighted by atomic mass is 9.84. The molecule has 6 aromatic carbocycles. The molecule has 0 radical (unpaired) electrons. The summed E-state index contributed by atoms with van der Waals surface area (Å²) in [5, 5.41) is 57.4. The number of aliphatic hydroxyl groups is 3. The van der Waals surface area contributed by atoms with Gasteiger partial charge in [-0.25, -0.2) is 4.79 Å². The van der Waals surface area contributed by atoms with Crippen molar-refractivity contribution >= 4 is 97.6 Å². The molecule has 0 spiro atoms. The molecule has 2 heterocycles. The second-order valence-corrected chi connectivity index (χ2v) is 29.9. The maximum atomic E-state index is 15.4. The first kappa shape index (κ1) is 78.5. The van der Waals surface area contributed by atoms with Crippen LogP contribution in [0, 0.1) is 0 Å². The summed E-state index contributed by atoms with van der Waals surface area (Å²) >= 11 is 1.57. The van der Waals surface area contributed by atoms with Gasteiger partial charge in [0.15, 0.2) is 0 Å². The summed E-state index contributed by atoms with van der Waals surface area (Å²) in [6.45, 7) is 7.11. The number of para-hydroxylation sites is 1. The van der Waals surface area contributed by atoms with E-state index in [1.807, 2.05) is 78.9 Å². The first-order valence-electron chi connectivity index (χ1n) is 34.0. The van der Waals surface area contributed by atoms with Crippen molar-refractivity contribution in [3.05, 3.63) is 216 Å². The molecule has 1 saturated heterocycles. The highest BCUT2D eigenvalue weighted by Crippen LogP contribution is 2.48. The number of unbranched alkanes of at least 4 members (excludes halogenated alkanes) is 1. The Morgan fingerprint density at radius 2 is 1.14 bits per heavy atom. The average Bonchev–Trinajstić information content (AvgIpc) is 0.886. The number of aliphatic hydroxyl groups excluding tert-OH is 3. The monoisotopic (exact) mass is 1450 g/mol. The van der Waals surface area contributed by atoms with Gasteiger partial charge in [0.05, 0.1) is 29.6 Å². The number of carbonyl (C=O) groups is 9. The van der Waals surface area contributed by atoms with Gasteiger partial charge in [-0.2, -0.15) is 0 Å².